The Morgan fingerprint density at radius 3 is 2.47 bits per heavy atom. The van der Waals surface area contributed by atoms with E-state index in [4.69, 9.17) is 18.0 Å². The number of nitrogens with zero attached hydrogens (tertiary/aromatic N) is 2. The van der Waals surface area contributed by atoms with Gasteiger partial charge in [-0.25, -0.2) is 8.42 Å². The first kappa shape index (κ1) is 12.3. The van der Waals surface area contributed by atoms with Crippen LogP contribution in [0.1, 0.15) is 5.69 Å². The Kier molecular flexibility index (Phi) is 3.30. The van der Waals surface area contributed by atoms with Gasteiger partial charge in [-0.2, -0.15) is 0 Å². The van der Waals surface area contributed by atoms with E-state index < -0.39 is 9.84 Å². The van der Waals surface area contributed by atoms with Gasteiger partial charge in [-0.15, -0.1) is 0 Å². The minimum Gasteiger partial charge on any atom is -0.388 e. The highest BCUT2D eigenvalue weighted by Gasteiger charge is 2.21. The zero-order valence-corrected chi connectivity index (χ0v) is 10.8. The summed E-state index contributed by atoms with van der Waals surface area (Å²) in [7, 11) is -2.85. The molecule has 2 N–H and O–H groups in total. The number of anilines is 1. The van der Waals surface area contributed by atoms with Crippen LogP contribution in [0.4, 0.5) is 5.69 Å². The van der Waals surface area contributed by atoms with Crippen molar-refractivity contribution < 1.29 is 8.42 Å². The van der Waals surface area contributed by atoms with Crippen LogP contribution in [-0.4, -0.2) is 43.0 Å². The van der Waals surface area contributed by atoms with Crippen molar-refractivity contribution in [2.24, 2.45) is 5.73 Å². The van der Waals surface area contributed by atoms with Gasteiger partial charge in [0, 0.05) is 13.1 Å². The minimum atomic E-state index is -2.85. The molecule has 2 heterocycles. The summed E-state index contributed by atoms with van der Waals surface area (Å²) in [6.45, 7) is 1.02. The van der Waals surface area contributed by atoms with Crippen LogP contribution >= 0.6 is 12.2 Å². The zero-order chi connectivity index (χ0) is 12.5. The molecule has 1 aliphatic rings. The standard InChI is InChI=1S/C10H13N3O2S2/c11-10(16)9-2-1-8(7-12-9)13-3-5-17(14,15)6-4-13/h1-2,7H,3-6H2,(H2,11,16). The third-order valence-corrected chi connectivity index (χ3v) is 4.53. The smallest absolute Gasteiger partial charge is 0.153 e. The normalized spacial score (nSPS) is 18.9. The van der Waals surface area contributed by atoms with E-state index in [1.54, 1.807) is 12.3 Å². The lowest BCUT2D eigenvalue weighted by Gasteiger charge is -2.28. The van der Waals surface area contributed by atoms with Crippen LogP contribution in [0.5, 0.6) is 0 Å². The van der Waals surface area contributed by atoms with Gasteiger partial charge in [0.05, 0.1) is 29.1 Å². The molecule has 1 aromatic heterocycles. The molecule has 0 atom stereocenters. The number of hydrogen-bond acceptors (Lipinski definition) is 5. The first-order valence-electron chi connectivity index (χ1n) is 5.19. The van der Waals surface area contributed by atoms with E-state index in [1.165, 1.54) is 0 Å². The highest BCUT2D eigenvalue weighted by Crippen LogP contribution is 2.16. The molecule has 0 spiro atoms. The summed E-state index contributed by atoms with van der Waals surface area (Å²) in [5, 5.41) is 0. The van der Waals surface area contributed by atoms with Crippen LogP contribution in [0.15, 0.2) is 18.3 Å². The Morgan fingerprint density at radius 1 is 1.35 bits per heavy atom. The van der Waals surface area contributed by atoms with Crippen molar-refractivity contribution in [3.05, 3.63) is 24.0 Å². The molecule has 1 aliphatic heterocycles. The van der Waals surface area contributed by atoms with E-state index >= 15 is 0 Å². The number of aromatic nitrogens is 1. The monoisotopic (exact) mass is 271 g/mol. The summed E-state index contributed by atoms with van der Waals surface area (Å²) in [5.41, 5.74) is 6.93. The van der Waals surface area contributed by atoms with Crippen LogP contribution in [-0.2, 0) is 9.84 Å². The first-order valence-corrected chi connectivity index (χ1v) is 7.42. The molecule has 92 valence electrons. The lowest BCUT2D eigenvalue weighted by Crippen LogP contribution is -2.40. The molecule has 17 heavy (non-hydrogen) atoms. The Bertz CT molecular complexity index is 511. The van der Waals surface area contributed by atoms with Crippen molar-refractivity contribution in [1.82, 2.24) is 4.98 Å². The third-order valence-electron chi connectivity index (χ3n) is 2.71. The van der Waals surface area contributed by atoms with E-state index in [1.807, 2.05) is 11.0 Å². The van der Waals surface area contributed by atoms with Crippen LogP contribution in [0.2, 0.25) is 0 Å². The number of hydrogen-bond donors (Lipinski definition) is 1. The van der Waals surface area contributed by atoms with Gasteiger partial charge in [0.2, 0.25) is 0 Å². The quantitative estimate of drug-likeness (QED) is 0.760. The van der Waals surface area contributed by atoms with E-state index in [0.717, 1.165) is 5.69 Å². The summed E-state index contributed by atoms with van der Waals surface area (Å²) in [4.78, 5) is 6.39. The second-order valence-corrected chi connectivity index (χ2v) is 6.65. The average molecular weight is 271 g/mol. The highest BCUT2D eigenvalue weighted by atomic mass is 32.2. The second-order valence-electron chi connectivity index (χ2n) is 3.90. The van der Waals surface area contributed by atoms with Gasteiger partial charge in [0.1, 0.15) is 4.99 Å². The first-order chi connectivity index (χ1) is 7.98. The van der Waals surface area contributed by atoms with Crippen LogP contribution in [0, 0.1) is 0 Å². The Labute approximate surface area is 106 Å². The molecule has 0 aliphatic carbocycles. The fourth-order valence-electron chi connectivity index (χ4n) is 1.69. The number of nitrogens with two attached hydrogens (primary N) is 1. The van der Waals surface area contributed by atoms with Gasteiger partial charge in [0.15, 0.2) is 9.84 Å². The van der Waals surface area contributed by atoms with E-state index in [9.17, 15) is 8.42 Å². The number of thiocarbonyl (C=S) groups is 1. The maximum atomic E-state index is 11.3. The predicted molar refractivity (Wildman–Crippen MR) is 71.0 cm³/mol. The molecule has 0 bridgehead atoms. The van der Waals surface area contributed by atoms with Crippen molar-refractivity contribution >= 4 is 32.7 Å². The van der Waals surface area contributed by atoms with Crippen molar-refractivity contribution in [1.29, 1.82) is 0 Å². The molecule has 2 rings (SSSR count). The summed E-state index contributed by atoms with van der Waals surface area (Å²) >= 11 is 4.81. The Morgan fingerprint density at radius 2 is 2.00 bits per heavy atom. The molecule has 7 heteroatoms. The van der Waals surface area contributed by atoms with Gasteiger partial charge >= 0.3 is 0 Å². The minimum absolute atomic E-state index is 0.198. The molecule has 0 radical (unpaired) electrons. The second kappa shape index (κ2) is 4.58. The predicted octanol–water partition coefficient (Wildman–Crippen LogP) is -0.0494. The van der Waals surface area contributed by atoms with Crippen molar-refractivity contribution in [3.63, 3.8) is 0 Å². The van der Waals surface area contributed by atoms with Crippen molar-refractivity contribution in [2.45, 2.75) is 0 Å². The molecule has 0 saturated carbocycles. The van der Waals surface area contributed by atoms with Crippen LogP contribution in [0.25, 0.3) is 0 Å². The Balaban J connectivity index is 2.11. The Hall–Kier alpha value is -1.21. The summed E-state index contributed by atoms with van der Waals surface area (Å²) < 4.78 is 22.6. The fraction of sp³-hybridized carbons (Fsp3) is 0.400. The average Bonchev–Trinajstić information content (AvgIpc) is 2.29. The summed E-state index contributed by atoms with van der Waals surface area (Å²) in [6.07, 6.45) is 1.67. The lowest BCUT2D eigenvalue weighted by molar-refractivity contribution is 0.586. The van der Waals surface area contributed by atoms with Crippen molar-refractivity contribution in [2.75, 3.05) is 29.5 Å². The molecule has 5 nitrogen and oxygen atoms in total. The highest BCUT2D eigenvalue weighted by molar-refractivity contribution is 7.91. The molecule has 0 aromatic carbocycles. The molecule has 1 aromatic rings. The van der Waals surface area contributed by atoms with Crippen LogP contribution < -0.4 is 10.6 Å². The molecule has 1 saturated heterocycles. The van der Waals surface area contributed by atoms with Crippen molar-refractivity contribution in [3.8, 4) is 0 Å². The summed E-state index contributed by atoms with van der Waals surface area (Å²) in [6, 6.07) is 3.61. The molecular formula is C10H13N3O2S2. The van der Waals surface area contributed by atoms with E-state index in [0.29, 0.717) is 18.8 Å². The van der Waals surface area contributed by atoms with Gasteiger partial charge in [0.25, 0.3) is 0 Å². The molecule has 1 fully saturated rings. The fourth-order valence-corrected chi connectivity index (χ4v) is 3.01. The number of rotatable bonds is 2. The maximum absolute atomic E-state index is 11.3. The van der Waals surface area contributed by atoms with Gasteiger partial charge in [-0.3, -0.25) is 4.98 Å². The number of sulfone groups is 1. The summed E-state index contributed by atoms with van der Waals surface area (Å²) in [5.74, 6) is 0.397. The van der Waals surface area contributed by atoms with Gasteiger partial charge in [-0.1, -0.05) is 12.2 Å². The zero-order valence-electron chi connectivity index (χ0n) is 9.17. The maximum Gasteiger partial charge on any atom is 0.153 e. The topological polar surface area (TPSA) is 76.3 Å². The molecule has 0 unspecified atom stereocenters. The van der Waals surface area contributed by atoms with E-state index in [2.05, 4.69) is 4.98 Å². The SMILES string of the molecule is NC(=S)c1ccc(N2CCS(=O)(=O)CC2)cn1. The lowest BCUT2D eigenvalue weighted by atomic mass is 10.3. The van der Waals surface area contributed by atoms with Crippen LogP contribution in [0.3, 0.4) is 0 Å². The van der Waals surface area contributed by atoms with E-state index in [-0.39, 0.29) is 16.5 Å². The molecule has 0 amide bonds. The molecular weight excluding hydrogens is 258 g/mol. The third kappa shape index (κ3) is 2.92. The number of pyridine rings is 1. The van der Waals surface area contributed by atoms with Gasteiger partial charge in [-0.05, 0) is 12.1 Å². The van der Waals surface area contributed by atoms with Gasteiger partial charge < -0.3 is 10.6 Å². The largest absolute Gasteiger partial charge is 0.388 e.